The van der Waals surface area contributed by atoms with Gasteiger partial charge in [-0.2, -0.15) is 0 Å². The summed E-state index contributed by atoms with van der Waals surface area (Å²) in [6.45, 7) is 5.97. The second-order valence-corrected chi connectivity index (χ2v) is 5.12. The highest BCUT2D eigenvalue weighted by Gasteiger charge is 2.16. The Bertz CT molecular complexity index is 608. The summed E-state index contributed by atoms with van der Waals surface area (Å²) < 4.78 is 5.41. The monoisotopic (exact) mass is 271 g/mol. The molecule has 0 fully saturated rings. The van der Waals surface area contributed by atoms with E-state index in [1.165, 1.54) is 0 Å². The number of ether oxygens (including phenoxy) is 1. The first kappa shape index (κ1) is 14.5. The lowest BCUT2D eigenvalue weighted by Gasteiger charge is -2.16. The zero-order valence-corrected chi connectivity index (χ0v) is 12.5. The zero-order chi connectivity index (χ0) is 14.7. The van der Waals surface area contributed by atoms with E-state index in [1.54, 1.807) is 13.3 Å². The Morgan fingerprint density at radius 1 is 1.15 bits per heavy atom. The Balaban J connectivity index is 2.29. The molecular weight excluding hydrogens is 250 g/mol. The van der Waals surface area contributed by atoms with Gasteiger partial charge in [-0.1, -0.05) is 24.3 Å². The second kappa shape index (κ2) is 6.06. The van der Waals surface area contributed by atoms with Gasteiger partial charge in [-0.05, 0) is 31.9 Å². The summed E-state index contributed by atoms with van der Waals surface area (Å²) in [4.78, 5) is 4.44. The van der Waals surface area contributed by atoms with Crippen molar-refractivity contribution >= 4 is 0 Å². The number of hydrogen-bond donors (Lipinski definition) is 1. The summed E-state index contributed by atoms with van der Waals surface area (Å²) in [6, 6.07) is 7.89. The van der Waals surface area contributed by atoms with E-state index in [1.807, 2.05) is 45.0 Å². The zero-order valence-electron chi connectivity index (χ0n) is 12.5. The predicted octanol–water partition coefficient (Wildman–Crippen LogP) is 3.29. The van der Waals surface area contributed by atoms with Crippen LogP contribution in [0.25, 0.3) is 0 Å². The lowest BCUT2D eigenvalue weighted by atomic mass is 9.98. The lowest BCUT2D eigenvalue weighted by molar-refractivity contribution is 0.176. The fourth-order valence-electron chi connectivity index (χ4n) is 2.53. The number of hydrogen-bond acceptors (Lipinski definition) is 3. The van der Waals surface area contributed by atoms with Crippen molar-refractivity contribution in [3.8, 4) is 5.75 Å². The van der Waals surface area contributed by atoms with E-state index in [2.05, 4.69) is 4.98 Å². The van der Waals surface area contributed by atoms with Gasteiger partial charge >= 0.3 is 0 Å². The van der Waals surface area contributed by atoms with Gasteiger partial charge in [0, 0.05) is 29.4 Å². The van der Waals surface area contributed by atoms with Crippen LogP contribution in [0.2, 0.25) is 0 Å². The van der Waals surface area contributed by atoms with Crippen LogP contribution in [-0.4, -0.2) is 17.2 Å². The number of methoxy groups -OCH3 is 1. The molecule has 0 saturated heterocycles. The van der Waals surface area contributed by atoms with Crippen LogP contribution in [-0.2, 0) is 6.42 Å². The summed E-state index contributed by atoms with van der Waals surface area (Å²) >= 11 is 0. The molecule has 0 spiro atoms. The number of aliphatic hydroxyl groups excluding tert-OH is 1. The van der Waals surface area contributed by atoms with Gasteiger partial charge in [0.05, 0.1) is 13.2 Å². The van der Waals surface area contributed by atoms with E-state index in [0.29, 0.717) is 6.42 Å². The van der Waals surface area contributed by atoms with Crippen LogP contribution in [0.15, 0.2) is 30.5 Å². The third kappa shape index (κ3) is 2.83. The molecule has 0 bridgehead atoms. The van der Waals surface area contributed by atoms with Gasteiger partial charge in [0.2, 0.25) is 0 Å². The van der Waals surface area contributed by atoms with E-state index in [0.717, 1.165) is 33.7 Å². The van der Waals surface area contributed by atoms with E-state index < -0.39 is 6.10 Å². The van der Waals surface area contributed by atoms with Crippen LogP contribution in [0, 0.1) is 20.8 Å². The summed E-state index contributed by atoms with van der Waals surface area (Å²) in [5, 5.41) is 10.4. The third-order valence-corrected chi connectivity index (χ3v) is 3.68. The van der Waals surface area contributed by atoms with Gasteiger partial charge in [-0.15, -0.1) is 0 Å². The summed E-state index contributed by atoms with van der Waals surface area (Å²) in [7, 11) is 1.66. The number of aromatic nitrogens is 1. The summed E-state index contributed by atoms with van der Waals surface area (Å²) in [5.41, 5.74) is 4.94. The SMILES string of the molecule is COc1c(C)cnc(CC(O)c2ccccc2C)c1C. The van der Waals surface area contributed by atoms with Crippen molar-refractivity contribution in [2.24, 2.45) is 0 Å². The molecule has 0 radical (unpaired) electrons. The highest BCUT2D eigenvalue weighted by molar-refractivity contribution is 5.41. The molecule has 1 unspecified atom stereocenters. The Labute approximate surface area is 120 Å². The standard InChI is InChI=1S/C17H21NO2/c1-11-7-5-6-8-14(11)16(19)9-15-13(3)17(20-4)12(2)10-18-15/h5-8,10,16,19H,9H2,1-4H3. The molecule has 0 aliphatic carbocycles. The fourth-order valence-corrected chi connectivity index (χ4v) is 2.53. The van der Waals surface area contributed by atoms with Crippen molar-refractivity contribution in [2.75, 3.05) is 7.11 Å². The molecule has 1 aromatic heterocycles. The topological polar surface area (TPSA) is 42.4 Å². The maximum atomic E-state index is 10.4. The van der Waals surface area contributed by atoms with Gasteiger partial charge < -0.3 is 9.84 Å². The average molecular weight is 271 g/mol. The van der Waals surface area contributed by atoms with Crippen molar-refractivity contribution in [3.63, 3.8) is 0 Å². The average Bonchev–Trinajstić information content (AvgIpc) is 2.43. The first-order valence-electron chi connectivity index (χ1n) is 6.77. The molecule has 2 rings (SSSR count). The van der Waals surface area contributed by atoms with E-state index in [-0.39, 0.29) is 0 Å². The molecule has 3 nitrogen and oxygen atoms in total. The van der Waals surface area contributed by atoms with E-state index >= 15 is 0 Å². The number of benzene rings is 1. The summed E-state index contributed by atoms with van der Waals surface area (Å²) in [5.74, 6) is 0.854. The van der Waals surface area contributed by atoms with Gasteiger partial charge in [0.25, 0.3) is 0 Å². The molecule has 20 heavy (non-hydrogen) atoms. The number of aryl methyl sites for hydroxylation is 2. The molecule has 1 atom stereocenters. The van der Waals surface area contributed by atoms with Crippen LogP contribution >= 0.6 is 0 Å². The maximum absolute atomic E-state index is 10.4. The Hall–Kier alpha value is -1.87. The summed E-state index contributed by atoms with van der Waals surface area (Å²) in [6.07, 6.45) is 1.74. The van der Waals surface area contributed by atoms with Crippen molar-refractivity contribution < 1.29 is 9.84 Å². The van der Waals surface area contributed by atoms with Crippen LogP contribution in [0.1, 0.15) is 34.1 Å². The Morgan fingerprint density at radius 2 is 1.85 bits per heavy atom. The van der Waals surface area contributed by atoms with Crippen LogP contribution in [0.3, 0.4) is 0 Å². The molecule has 0 aliphatic rings. The van der Waals surface area contributed by atoms with Gasteiger partial charge in [0.1, 0.15) is 5.75 Å². The first-order valence-corrected chi connectivity index (χ1v) is 6.77. The fraction of sp³-hybridized carbons (Fsp3) is 0.353. The normalized spacial score (nSPS) is 12.2. The quantitative estimate of drug-likeness (QED) is 0.927. The minimum atomic E-state index is -0.546. The van der Waals surface area contributed by atoms with Crippen LogP contribution in [0.4, 0.5) is 0 Å². The van der Waals surface area contributed by atoms with Crippen molar-refractivity contribution in [1.29, 1.82) is 0 Å². The molecule has 1 N–H and O–H groups in total. The van der Waals surface area contributed by atoms with Gasteiger partial charge in [-0.25, -0.2) is 0 Å². The largest absolute Gasteiger partial charge is 0.496 e. The van der Waals surface area contributed by atoms with Crippen molar-refractivity contribution in [3.05, 3.63) is 58.4 Å². The molecule has 106 valence electrons. The number of nitrogens with zero attached hydrogens (tertiary/aromatic N) is 1. The van der Waals surface area contributed by atoms with Gasteiger partial charge in [-0.3, -0.25) is 4.98 Å². The molecule has 1 heterocycles. The highest BCUT2D eigenvalue weighted by atomic mass is 16.5. The van der Waals surface area contributed by atoms with Crippen molar-refractivity contribution in [2.45, 2.75) is 33.3 Å². The van der Waals surface area contributed by atoms with Gasteiger partial charge in [0.15, 0.2) is 0 Å². The highest BCUT2D eigenvalue weighted by Crippen LogP contribution is 2.28. The van der Waals surface area contributed by atoms with Crippen LogP contribution < -0.4 is 4.74 Å². The molecule has 1 aromatic carbocycles. The molecule has 0 amide bonds. The third-order valence-electron chi connectivity index (χ3n) is 3.68. The van der Waals surface area contributed by atoms with E-state index in [9.17, 15) is 5.11 Å². The smallest absolute Gasteiger partial charge is 0.128 e. The predicted molar refractivity (Wildman–Crippen MR) is 80.1 cm³/mol. The Kier molecular flexibility index (Phi) is 4.40. The molecule has 0 aliphatic heterocycles. The lowest BCUT2D eigenvalue weighted by Crippen LogP contribution is -2.08. The number of aliphatic hydroxyl groups is 1. The molecule has 0 saturated carbocycles. The molecule has 3 heteroatoms. The number of pyridine rings is 1. The first-order chi connectivity index (χ1) is 9.54. The van der Waals surface area contributed by atoms with Crippen LogP contribution in [0.5, 0.6) is 5.75 Å². The molecular formula is C17H21NO2. The minimum Gasteiger partial charge on any atom is -0.496 e. The minimum absolute atomic E-state index is 0.493. The molecule has 2 aromatic rings. The van der Waals surface area contributed by atoms with E-state index in [4.69, 9.17) is 4.74 Å². The number of rotatable bonds is 4. The van der Waals surface area contributed by atoms with Crippen molar-refractivity contribution in [1.82, 2.24) is 4.98 Å². The second-order valence-electron chi connectivity index (χ2n) is 5.12. The Morgan fingerprint density at radius 3 is 2.50 bits per heavy atom. The maximum Gasteiger partial charge on any atom is 0.128 e.